The lowest BCUT2D eigenvalue weighted by Crippen LogP contribution is -2.52. The first-order chi connectivity index (χ1) is 7.74. The second-order valence-electron chi connectivity index (χ2n) is 4.09. The third-order valence-electron chi connectivity index (χ3n) is 3.69. The van der Waals surface area contributed by atoms with Gasteiger partial charge in [0.2, 0.25) is 0 Å². The monoisotopic (exact) mass is 237 g/mol. The summed E-state index contributed by atoms with van der Waals surface area (Å²) in [5, 5.41) is 0. The number of aromatic nitrogens is 2. The molecule has 0 amide bonds. The molecule has 16 heavy (non-hydrogen) atoms. The molecule has 0 N–H and O–H groups in total. The van der Waals surface area contributed by atoms with Crippen molar-refractivity contribution in [2.24, 2.45) is 0 Å². The van der Waals surface area contributed by atoms with Gasteiger partial charge in [-0.3, -0.25) is 4.98 Å². The van der Waals surface area contributed by atoms with Crippen LogP contribution in [0.5, 0.6) is 0 Å². The molecule has 0 atom stereocenters. The van der Waals surface area contributed by atoms with Crippen LogP contribution in [0.3, 0.4) is 0 Å². The zero-order valence-electron chi connectivity index (χ0n) is 10.9. The lowest BCUT2D eigenvalue weighted by Gasteiger charge is -2.41. The minimum Gasteiger partial charge on any atom is -0.382 e. The zero-order valence-corrected chi connectivity index (χ0v) is 11.9. The minimum atomic E-state index is -1.36. The van der Waals surface area contributed by atoms with E-state index < -0.39 is 8.24 Å². The fraction of sp³-hybridized carbons (Fsp3) is 0.667. The minimum absolute atomic E-state index is 1.04. The molecule has 0 fully saturated rings. The lowest BCUT2D eigenvalue weighted by atomic mass is 10.6. The van der Waals surface area contributed by atoms with Gasteiger partial charge in [0.1, 0.15) is 5.82 Å². The fourth-order valence-corrected chi connectivity index (χ4v) is 6.41. The maximum absolute atomic E-state index is 4.46. The van der Waals surface area contributed by atoms with Crippen molar-refractivity contribution in [3.8, 4) is 0 Å². The molecule has 90 valence electrons. The summed E-state index contributed by atoms with van der Waals surface area (Å²) in [6.07, 6.45) is 5.43. The Morgan fingerprint density at radius 1 is 1.06 bits per heavy atom. The highest BCUT2D eigenvalue weighted by molar-refractivity contribution is 6.83. The summed E-state index contributed by atoms with van der Waals surface area (Å²) in [7, 11) is -1.36. The second kappa shape index (κ2) is 5.99. The van der Waals surface area contributed by atoms with Crippen molar-refractivity contribution in [2.75, 3.05) is 11.1 Å². The first-order valence-corrected chi connectivity index (χ1v) is 8.84. The fourth-order valence-electron chi connectivity index (χ4n) is 2.49. The molecule has 1 aromatic rings. The van der Waals surface area contributed by atoms with Crippen molar-refractivity contribution >= 4 is 14.1 Å². The third-order valence-corrected chi connectivity index (χ3v) is 9.33. The van der Waals surface area contributed by atoms with Gasteiger partial charge in [-0.1, -0.05) is 20.8 Å². The standard InChI is InChI=1S/C12H23N3Si/c1-5-15(12-11-13-9-10-14-12)16(6-2,7-3)8-4/h9-11H,5-8H2,1-4H3. The van der Waals surface area contributed by atoms with Gasteiger partial charge in [0.15, 0.2) is 8.24 Å². The topological polar surface area (TPSA) is 29.0 Å². The van der Waals surface area contributed by atoms with Crippen LogP contribution >= 0.6 is 0 Å². The predicted octanol–water partition coefficient (Wildman–Crippen LogP) is 3.31. The predicted molar refractivity (Wildman–Crippen MR) is 72.2 cm³/mol. The quantitative estimate of drug-likeness (QED) is 0.711. The summed E-state index contributed by atoms with van der Waals surface area (Å²) in [5.74, 6) is 1.06. The van der Waals surface area contributed by atoms with E-state index in [2.05, 4.69) is 42.2 Å². The van der Waals surface area contributed by atoms with E-state index in [0.717, 1.165) is 12.4 Å². The lowest BCUT2D eigenvalue weighted by molar-refractivity contribution is 0.952. The summed E-state index contributed by atoms with van der Waals surface area (Å²) < 4.78 is 2.53. The first-order valence-electron chi connectivity index (χ1n) is 6.27. The molecule has 0 aromatic carbocycles. The molecule has 3 nitrogen and oxygen atoms in total. The summed E-state index contributed by atoms with van der Waals surface area (Å²) in [6, 6.07) is 3.85. The first kappa shape index (κ1) is 13.2. The highest BCUT2D eigenvalue weighted by Gasteiger charge is 2.34. The van der Waals surface area contributed by atoms with Crippen LogP contribution in [0.15, 0.2) is 18.6 Å². The molecule has 1 heterocycles. The molecular formula is C12H23N3Si. The number of hydrogen-bond acceptors (Lipinski definition) is 3. The number of rotatable bonds is 6. The van der Waals surface area contributed by atoms with Gasteiger partial charge in [-0.05, 0) is 25.1 Å². The van der Waals surface area contributed by atoms with E-state index in [9.17, 15) is 0 Å². The summed E-state index contributed by atoms with van der Waals surface area (Å²) in [4.78, 5) is 8.65. The van der Waals surface area contributed by atoms with E-state index in [4.69, 9.17) is 0 Å². The van der Waals surface area contributed by atoms with Gasteiger partial charge in [-0.15, -0.1) is 0 Å². The van der Waals surface area contributed by atoms with E-state index in [1.54, 1.807) is 12.4 Å². The average Bonchev–Trinajstić information content (AvgIpc) is 2.37. The van der Waals surface area contributed by atoms with Crippen LogP contribution in [-0.2, 0) is 0 Å². The van der Waals surface area contributed by atoms with Crippen molar-refractivity contribution in [1.29, 1.82) is 0 Å². The van der Waals surface area contributed by atoms with Crippen molar-refractivity contribution in [3.05, 3.63) is 18.6 Å². The average molecular weight is 237 g/mol. The number of hydrogen-bond donors (Lipinski definition) is 0. The van der Waals surface area contributed by atoms with Crippen LogP contribution in [0.2, 0.25) is 18.1 Å². The molecular weight excluding hydrogens is 214 g/mol. The number of anilines is 1. The molecule has 0 spiro atoms. The van der Waals surface area contributed by atoms with Gasteiger partial charge >= 0.3 is 0 Å². The van der Waals surface area contributed by atoms with Gasteiger partial charge in [-0.25, -0.2) is 4.98 Å². The van der Waals surface area contributed by atoms with Crippen LogP contribution < -0.4 is 4.57 Å². The molecule has 0 saturated heterocycles. The van der Waals surface area contributed by atoms with E-state index in [1.165, 1.54) is 18.1 Å². The molecule has 1 aromatic heterocycles. The highest BCUT2D eigenvalue weighted by Crippen LogP contribution is 2.28. The SMILES string of the molecule is CCN(c1cnccn1)[Si](CC)(CC)CC. The van der Waals surface area contributed by atoms with Crippen LogP contribution in [0.25, 0.3) is 0 Å². The smallest absolute Gasteiger partial charge is 0.157 e. The van der Waals surface area contributed by atoms with Gasteiger partial charge in [0, 0.05) is 18.9 Å². The van der Waals surface area contributed by atoms with Crippen LogP contribution in [0.4, 0.5) is 5.82 Å². The van der Waals surface area contributed by atoms with Gasteiger partial charge in [0.25, 0.3) is 0 Å². The third kappa shape index (κ3) is 2.43. The van der Waals surface area contributed by atoms with Crippen LogP contribution in [0, 0.1) is 0 Å². The number of nitrogens with zero attached hydrogens (tertiary/aromatic N) is 3. The van der Waals surface area contributed by atoms with E-state index in [1.807, 2.05) is 6.20 Å². The van der Waals surface area contributed by atoms with E-state index in [-0.39, 0.29) is 0 Å². The van der Waals surface area contributed by atoms with Crippen molar-refractivity contribution < 1.29 is 0 Å². The normalized spacial score (nSPS) is 11.5. The maximum atomic E-state index is 4.46. The Morgan fingerprint density at radius 3 is 2.06 bits per heavy atom. The van der Waals surface area contributed by atoms with Gasteiger partial charge in [0.05, 0.1) is 6.20 Å². The van der Waals surface area contributed by atoms with Crippen molar-refractivity contribution in [1.82, 2.24) is 9.97 Å². The molecule has 1 rings (SSSR count). The molecule has 0 aliphatic heterocycles. The summed E-state index contributed by atoms with van der Waals surface area (Å²) >= 11 is 0. The van der Waals surface area contributed by atoms with Gasteiger partial charge < -0.3 is 4.57 Å². The Balaban J connectivity index is 3.05. The molecule has 4 heteroatoms. The molecule has 0 unspecified atom stereocenters. The Kier molecular flexibility index (Phi) is 4.93. The summed E-state index contributed by atoms with van der Waals surface area (Å²) in [6.45, 7) is 10.2. The Bertz CT molecular complexity index is 290. The highest BCUT2D eigenvalue weighted by atomic mass is 28.3. The van der Waals surface area contributed by atoms with Crippen LogP contribution in [0.1, 0.15) is 27.7 Å². The van der Waals surface area contributed by atoms with E-state index >= 15 is 0 Å². The molecule has 0 aliphatic rings. The zero-order chi connectivity index (χ0) is 12.0. The maximum Gasteiger partial charge on any atom is 0.157 e. The second-order valence-corrected chi connectivity index (χ2v) is 9.20. The largest absolute Gasteiger partial charge is 0.382 e. The van der Waals surface area contributed by atoms with Crippen molar-refractivity contribution in [2.45, 2.75) is 45.8 Å². The molecule has 0 aliphatic carbocycles. The van der Waals surface area contributed by atoms with Crippen molar-refractivity contribution in [3.63, 3.8) is 0 Å². The van der Waals surface area contributed by atoms with E-state index in [0.29, 0.717) is 0 Å². The van der Waals surface area contributed by atoms with Gasteiger partial charge in [-0.2, -0.15) is 0 Å². The Hall–Kier alpha value is -0.903. The van der Waals surface area contributed by atoms with Crippen LogP contribution in [-0.4, -0.2) is 24.7 Å². The Morgan fingerprint density at radius 2 is 1.69 bits per heavy atom. The molecule has 0 saturated carbocycles. The molecule has 0 radical (unpaired) electrons. The summed E-state index contributed by atoms with van der Waals surface area (Å²) in [5.41, 5.74) is 0. The Labute approximate surface area is 100 Å². The molecule has 0 bridgehead atoms.